The fourth-order valence-electron chi connectivity index (χ4n) is 2.56. The van der Waals surface area contributed by atoms with E-state index in [1.807, 2.05) is 11.4 Å². The van der Waals surface area contributed by atoms with Crippen molar-refractivity contribution < 1.29 is 13.2 Å². The van der Waals surface area contributed by atoms with Crippen molar-refractivity contribution in [3.63, 3.8) is 0 Å². The van der Waals surface area contributed by atoms with E-state index in [1.54, 1.807) is 11.3 Å². The first-order valence-electron chi connectivity index (χ1n) is 6.33. The van der Waals surface area contributed by atoms with Gasteiger partial charge in [0.2, 0.25) is 0 Å². The number of rotatable bonds is 3. The van der Waals surface area contributed by atoms with Crippen LogP contribution in [0.4, 0.5) is 13.2 Å². The van der Waals surface area contributed by atoms with Gasteiger partial charge in [0.1, 0.15) is 0 Å². The van der Waals surface area contributed by atoms with Crippen LogP contribution < -0.4 is 5.32 Å². The highest BCUT2D eigenvalue weighted by Gasteiger charge is 2.41. The lowest BCUT2D eigenvalue weighted by Crippen LogP contribution is -2.37. The standard InChI is InChI=1S/C13H18F3NS/c1-9(12-3-2-8-18-12)17-11-6-4-10(5-7-11)13(14,15)16/h2-3,8-11,17H,4-7H2,1H3. The molecular weight excluding hydrogens is 259 g/mol. The van der Waals surface area contributed by atoms with Crippen molar-refractivity contribution >= 4 is 11.3 Å². The molecule has 0 spiro atoms. The van der Waals surface area contributed by atoms with Crippen LogP contribution in [-0.4, -0.2) is 12.2 Å². The summed E-state index contributed by atoms with van der Waals surface area (Å²) in [7, 11) is 0. The van der Waals surface area contributed by atoms with Crippen LogP contribution in [0.3, 0.4) is 0 Å². The summed E-state index contributed by atoms with van der Waals surface area (Å²) in [5.41, 5.74) is 0. The lowest BCUT2D eigenvalue weighted by molar-refractivity contribution is -0.182. The predicted molar refractivity (Wildman–Crippen MR) is 67.7 cm³/mol. The number of hydrogen-bond donors (Lipinski definition) is 1. The summed E-state index contributed by atoms with van der Waals surface area (Å²) >= 11 is 1.68. The van der Waals surface area contributed by atoms with Crippen LogP contribution in [0.15, 0.2) is 17.5 Å². The molecule has 5 heteroatoms. The summed E-state index contributed by atoms with van der Waals surface area (Å²) in [6.07, 6.45) is -2.24. The van der Waals surface area contributed by atoms with E-state index in [0.717, 1.165) is 0 Å². The molecule has 0 aromatic carbocycles. The third-order valence-corrected chi connectivity index (χ3v) is 4.70. The zero-order valence-electron chi connectivity index (χ0n) is 10.3. The first-order chi connectivity index (χ1) is 8.47. The van der Waals surface area contributed by atoms with Gasteiger partial charge in [0, 0.05) is 17.0 Å². The lowest BCUT2D eigenvalue weighted by atomic mass is 9.85. The van der Waals surface area contributed by atoms with Crippen molar-refractivity contribution in [1.82, 2.24) is 5.32 Å². The molecule has 0 amide bonds. The molecule has 1 heterocycles. The van der Waals surface area contributed by atoms with Crippen molar-refractivity contribution in [1.29, 1.82) is 0 Å². The average molecular weight is 277 g/mol. The van der Waals surface area contributed by atoms with Gasteiger partial charge in [-0.15, -0.1) is 11.3 Å². The topological polar surface area (TPSA) is 12.0 Å². The molecule has 1 unspecified atom stereocenters. The van der Waals surface area contributed by atoms with E-state index in [9.17, 15) is 13.2 Å². The average Bonchev–Trinajstić information content (AvgIpc) is 2.82. The Morgan fingerprint density at radius 3 is 2.44 bits per heavy atom. The van der Waals surface area contributed by atoms with E-state index in [1.165, 1.54) is 4.88 Å². The number of halogens is 3. The number of alkyl halides is 3. The van der Waals surface area contributed by atoms with E-state index in [4.69, 9.17) is 0 Å². The Balaban J connectivity index is 1.80. The highest BCUT2D eigenvalue weighted by molar-refractivity contribution is 7.10. The van der Waals surface area contributed by atoms with Gasteiger partial charge in [-0.05, 0) is 44.1 Å². The van der Waals surface area contributed by atoms with Gasteiger partial charge in [-0.3, -0.25) is 0 Å². The first kappa shape index (κ1) is 13.9. The first-order valence-corrected chi connectivity index (χ1v) is 7.21. The fraction of sp³-hybridized carbons (Fsp3) is 0.692. The third kappa shape index (κ3) is 3.48. The molecule has 1 aliphatic carbocycles. The molecule has 1 N–H and O–H groups in total. The van der Waals surface area contributed by atoms with E-state index < -0.39 is 12.1 Å². The van der Waals surface area contributed by atoms with Gasteiger partial charge < -0.3 is 5.32 Å². The van der Waals surface area contributed by atoms with E-state index >= 15 is 0 Å². The molecule has 1 aromatic rings. The zero-order valence-corrected chi connectivity index (χ0v) is 11.2. The summed E-state index contributed by atoms with van der Waals surface area (Å²) < 4.78 is 37.6. The normalized spacial score (nSPS) is 27.1. The maximum atomic E-state index is 12.5. The quantitative estimate of drug-likeness (QED) is 0.856. The number of hydrogen-bond acceptors (Lipinski definition) is 2. The van der Waals surface area contributed by atoms with E-state index in [-0.39, 0.29) is 24.9 Å². The van der Waals surface area contributed by atoms with Crippen molar-refractivity contribution in [3.05, 3.63) is 22.4 Å². The van der Waals surface area contributed by atoms with Gasteiger partial charge in [-0.1, -0.05) is 6.07 Å². The van der Waals surface area contributed by atoms with Gasteiger partial charge in [0.05, 0.1) is 5.92 Å². The molecule has 18 heavy (non-hydrogen) atoms. The molecule has 1 atom stereocenters. The molecule has 102 valence electrons. The summed E-state index contributed by atoms with van der Waals surface area (Å²) in [6.45, 7) is 2.07. The van der Waals surface area contributed by atoms with Crippen molar-refractivity contribution in [2.75, 3.05) is 0 Å². The van der Waals surface area contributed by atoms with Gasteiger partial charge >= 0.3 is 6.18 Å². The number of nitrogens with one attached hydrogen (secondary N) is 1. The van der Waals surface area contributed by atoms with E-state index in [2.05, 4.69) is 18.3 Å². The molecule has 1 fully saturated rings. The van der Waals surface area contributed by atoms with Crippen LogP contribution in [0.2, 0.25) is 0 Å². The molecule has 0 radical (unpaired) electrons. The van der Waals surface area contributed by atoms with Crippen LogP contribution in [0.25, 0.3) is 0 Å². The fourth-order valence-corrected chi connectivity index (χ4v) is 3.30. The molecule has 0 bridgehead atoms. The van der Waals surface area contributed by atoms with Gasteiger partial charge in [0.25, 0.3) is 0 Å². The van der Waals surface area contributed by atoms with Crippen LogP contribution in [0, 0.1) is 5.92 Å². The molecule has 1 aliphatic rings. The molecule has 1 aromatic heterocycles. The Bertz CT molecular complexity index is 353. The van der Waals surface area contributed by atoms with Gasteiger partial charge in [0.15, 0.2) is 0 Å². The minimum Gasteiger partial charge on any atom is -0.307 e. The second-order valence-electron chi connectivity index (χ2n) is 4.99. The smallest absolute Gasteiger partial charge is 0.307 e. The molecule has 0 saturated heterocycles. The Morgan fingerprint density at radius 1 is 1.28 bits per heavy atom. The monoisotopic (exact) mass is 277 g/mol. The molecule has 1 nitrogen and oxygen atoms in total. The largest absolute Gasteiger partial charge is 0.391 e. The van der Waals surface area contributed by atoms with Crippen LogP contribution in [0.1, 0.15) is 43.5 Å². The number of thiophene rings is 1. The predicted octanol–water partition coefficient (Wildman–Crippen LogP) is 4.52. The third-order valence-electron chi connectivity index (χ3n) is 3.65. The summed E-state index contributed by atoms with van der Waals surface area (Å²) in [5, 5.41) is 5.46. The van der Waals surface area contributed by atoms with E-state index in [0.29, 0.717) is 12.8 Å². The summed E-state index contributed by atoms with van der Waals surface area (Å²) in [6, 6.07) is 4.51. The Hall–Kier alpha value is -0.550. The zero-order chi connectivity index (χ0) is 13.2. The maximum Gasteiger partial charge on any atom is 0.391 e. The van der Waals surface area contributed by atoms with Crippen molar-refractivity contribution in [2.24, 2.45) is 5.92 Å². The second-order valence-corrected chi connectivity index (χ2v) is 5.97. The van der Waals surface area contributed by atoms with Gasteiger partial charge in [-0.2, -0.15) is 13.2 Å². The van der Waals surface area contributed by atoms with Gasteiger partial charge in [-0.25, -0.2) is 0 Å². The van der Waals surface area contributed by atoms with Crippen LogP contribution >= 0.6 is 11.3 Å². The molecule has 1 saturated carbocycles. The van der Waals surface area contributed by atoms with Crippen molar-refractivity contribution in [2.45, 2.75) is 50.9 Å². The molecule has 2 rings (SSSR count). The SMILES string of the molecule is CC(NC1CCC(C(F)(F)F)CC1)c1cccs1. The maximum absolute atomic E-state index is 12.5. The van der Waals surface area contributed by atoms with Crippen molar-refractivity contribution in [3.8, 4) is 0 Å². The Kier molecular flexibility index (Phi) is 4.33. The minimum absolute atomic E-state index is 0.223. The Labute approximate surface area is 109 Å². The van der Waals surface area contributed by atoms with Crippen LogP contribution in [0.5, 0.6) is 0 Å². The Morgan fingerprint density at radius 2 is 1.94 bits per heavy atom. The second kappa shape index (κ2) is 5.61. The molecule has 0 aliphatic heterocycles. The van der Waals surface area contributed by atoms with Crippen LogP contribution in [-0.2, 0) is 0 Å². The molecular formula is C13H18F3NS. The highest BCUT2D eigenvalue weighted by Crippen LogP contribution is 2.38. The highest BCUT2D eigenvalue weighted by atomic mass is 32.1. The summed E-state index contributed by atoms with van der Waals surface area (Å²) in [4.78, 5) is 1.24. The minimum atomic E-state index is -4.01. The summed E-state index contributed by atoms with van der Waals surface area (Å²) in [5.74, 6) is -1.09. The lowest BCUT2D eigenvalue weighted by Gasteiger charge is -2.32.